The summed E-state index contributed by atoms with van der Waals surface area (Å²) in [6.07, 6.45) is -5.02. The predicted molar refractivity (Wildman–Crippen MR) is 94.4 cm³/mol. The minimum atomic E-state index is -4.70. The summed E-state index contributed by atoms with van der Waals surface area (Å²) in [5.74, 6) is -1.15. The summed E-state index contributed by atoms with van der Waals surface area (Å²) < 4.78 is 73.7. The highest BCUT2D eigenvalue weighted by Gasteiger charge is 2.39. The van der Waals surface area contributed by atoms with Crippen LogP contribution in [0.4, 0.5) is 13.2 Å². The Bertz CT molecular complexity index is 1090. The van der Waals surface area contributed by atoms with Crippen molar-refractivity contribution in [2.75, 3.05) is 13.1 Å². The van der Waals surface area contributed by atoms with Crippen LogP contribution in [-0.4, -0.2) is 42.1 Å². The van der Waals surface area contributed by atoms with Crippen LogP contribution in [0.5, 0.6) is 5.75 Å². The first-order chi connectivity index (χ1) is 13.7. The van der Waals surface area contributed by atoms with E-state index in [0.717, 1.165) is 0 Å². The Morgan fingerprint density at radius 2 is 1.69 bits per heavy atom. The van der Waals surface area contributed by atoms with Gasteiger partial charge in [-0.3, -0.25) is 0 Å². The van der Waals surface area contributed by atoms with E-state index in [-0.39, 0.29) is 29.9 Å². The fourth-order valence-corrected chi connectivity index (χ4v) is 4.27. The number of nitrogens with zero attached hydrogens (tertiary/aromatic N) is 3. The van der Waals surface area contributed by atoms with E-state index >= 15 is 0 Å². The molecule has 4 rings (SSSR count). The summed E-state index contributed by atoms with van der Waals surface area (Å²) in [5.41, 5.74) is 0.332. The molecule has 1 aromatic heterocycles. The van der Waals surface area contributed by atoms with Gasteiger partial charge in [0.15, 0.2) is 0 Å². The van der Waals surface area contributed by atoms with Gasteiger partial charge in [-0.15, -0.1) is 0 Å². The first-order valence-corrected chi connectivity index (χ1v) is 9.91. The molecule has 0 amide bonds. The number of ether oxygens (including phenoxy) is 1. The Balaban J connectivity index is 1.37. The Morgan fingerprint density at radius 3 is 2.28 bits per heavy atom. The molecule has 0 atom stereocenters. The summed E-state index contributed by atoms with van der Waals surface area (Å²) in [6, 6.07) is 14.2. The van der Waals surface area contributed by atoms with Gasteiger partial charge in [0.2, 0.25) is 15.8 Å². The predicted octanol–water partition coefficient (Wildman–Crippen LogP) is 3.21. The van der Waals surface area contributed by atoms with Crippen LogP contribution in [0.2, 0.25) is 0 Å². The summed E-state index contributed by atoms with van der Waals surface area (Å²) in [6.45, 7) is 0.414. The molecule has 0 radical (unpaired) electrons. The third kappa shape index (κ3) is 3.96. The first-order valence-electron chi connectivity index (χ1n) is 8.47. The second-order valence-corrected chi connectivity index (χ2v) is 8.26. The molecular formula is C18H14F3N3O4S. The molecule has 2 aromatic carbocycles. The van der Waals surface area contributed by atoms with E-state index in [0.29, 0.717) is 11.3 Å². The number of hydrogen-bond donors (Lipinski definition) is 0. The number of halogens is 3. The number of hydrogen-bond acceptors (Lipinski definition) is 6. The van der Waals surface area contributed by atoms with Crippen molar-refractivity contribution in [1.82, 2.24) is 14.4 Å². The van der Waals surface area contributed by atoms with Gasteiger partial charge in [-0.05, 0) is 36.4 Å². The van der Waals surface area contributed by atoms with E-state index in [4.69, 9.17) is 4.74 Å². The largest absolute Gasteiger partial charge is 0.488 e. The van der Waals surface area contributed by atoms with Crippen LogP contribution in [0.1, 0.15) is 5.89 Å². The number of sulfonamides is 1. The van der Waals surface area contributed by atoms with E-state index in [1.165, 1.54) is 28.6 Å². The molecule has 11 heteroatoms. The van der Waals surface area contributed by atoms with Crippen LogP contribution in [0, 0.1) is 0 Å². The maximum Gasteiger partial charge on any atom is 0.471 e. The van der Waals surface area contributed by atoms with Crippen molar-refractivity contribution >= 4 is 10.0 Å². The maximum absolute atomic E-state index is 12.5. The van der Waals surface area contributed by atoms with E-state index < -0.39 is 22.1 Å². The highest BCUT2D eigenvalue weighted by Crippen LogP contribution is 2.30. The molecule has 0 saturated carbocycles. The Kier molecular flexibility index (Phi) is 4.79. The summed E-state index contributed by atoms with van der Waals surface area (Å²) in [7, 11) is -3.55. The van der Waals surface area contributed by atoms with Gasteiger partial charge in [-0.2, -0.15) is 22.5 Å². The van der Waals surface area contributed by atoms with Crippen molar-refractivity contribution in [2.24, 2.45) is 0 Å². The summed E-state index contributed by atoms with van der Waals surface area (Å²) in [5, 5.41) is 3.32. The second kappa shape index (κ2) is 7.16. The third-order valence-corrected chi connectivity index (χ3v) is 6.13. The fraction of sp³-hybridized carbons (Fsp3) is 0.222. The minimum Gasteiger partial charge on any atom is -0.488 e. The Labute approximate surface area is 163 Å². The van der Waals surface area contributed by atoms with E-state index in [1.54, 1.807) is 30.3 Å². The zero-order valence-electron chi connectivity index (χ0n) is 14.7. The molecular weight excluding hydrogens is 411 g/mol. The van der Waals surface area contributed by atoms with Crippen LogP contribution in [0.15, 0.2) is 64.0 Å². The lowest BCUT2D eigenvalue weighted by Crippen LogP contribution is -2.55. The highest BCUT2D eigenvalue weighted by molar-refractivity contribution is 7.89. The van der Waals surface area contributed by atoms with Crippen molar-refractivity contribution in [1.29, 1.82) is 0 Å². The summed E-state index contributed by atoms with van der Waals surface area (Å²) in [4.78, 5) is 3.54. The average molecular weight is 425 g/mol. The van der Waals surface area contributed by atoms with Crippen LogP contribution in [0.3, 0.4) is 0 Å². The lowest BCUT2D eigenvalue weighted by atomic mass is 10.2. The third-order valence-electron chi connectivity index (χ3n) is 4.28. The van der Waals surface area contributed by atoms with Gasteiger partial charge in [0, 0.05) is 5.56 Å². The van der Waals surface area contributed by atoms with E-state index in [9.17, 15) is 21.6 Å². The number of aromatic nitrogens is 2. The van der Waals surface area contributed by atoms with Crippen molar-refractivity contribution in [3.8, 4) is 17.1 Å². The zero-order valence-corrected chi connectivity index (χ0v) is 15.5. The highest BCUT2D eigenvalue weighted by atomic mass is 32.2. The zero-order chi connectivity index (χ0) is 20.6. The maximum atomic E-state index is 12.5. The molecule has 3 aromatic rings. The van der Waals surface area contributed by atoms with Gasteiger partial charge < -0.3 is 9.26 Å². The normalized spacial score (nSPS) is 15.8. The Morgan fingerprint density at radius 1 is 1.03 bits per heavy atom. The van der Waals surface area contributed by atoms with Gasteiger partial charge in [-0.25, -0.2) is 8.42 Å². The van der Waals surface area contributed by atoms with Gasteiger partial charge in [-0.1, -0.05) is 23.4 Å². The molecule has 0 N–H and O–H groups in total. The van der Waals surface area contributed by atoms with E-state index in [1.807, 2.05) is 0 Å². The molecule has 0 aliphatic carbocycles. The topological polar surface area (TPSA) is 85.5 Å². The minimum absolute atomic E-state index is 0.187. The van der Waals surface area contributed by atoms with Gasteiger partial charge in [0.1, 0.15) is 11.9 Å². The van der Waals surface area contributed by atoms with E-state index in [2.05, 4.69) is 14.7 Å². The van der Waals surface area contributed by atoms with Crippen molar-refractivity contribution in [3.63, 3.8) is 0 Å². The van der Waals surface area contributed by atoms with Crippen molar-refractivity contribution in [3.05, 3.63) is 60.5 Å². The standard InChI is InChI=1S/C18H14F3N3O4S/c19-18(20,21)17-22-16(23-28-17)12-6-8-13(9-7-12)27-14-10-24(11-14)29(25,26)15-4-2-1-3-5-15/h1-9,14H,10-11H2. The molecule has 0 unspecified atom stereocenters. The number of alkyl halides is 3. The Hall–Kier alpha value is -2.92. The monoisotopic (exact) mass is 425 g/mol. The van der Waals surface area contributed by atoms with Crippen molar-refractivity contribution in [2.45, 2.75) is 17.2 Å². The molecule has 1 fully saturated rings. The first kappa shape index (κ1) is 19.4. The molecule has 1 aliphatic rings. The molecule has 7 nitrogen and oxygen atoms in total. The molecule has 1 saturated heterocycles. The fourth-order valence-electron chi connectivity index (χ4n) is 2.74. The van der Waals surface area contributed by atoms with Crippen LogP contribution in [-0.2, 0) is 16.2 Å². The quantitative estimate of drug-likeness (QED) is 0.624. The molecule has 0 spiro atoms. The lowest BCUT2D eigenvalue weighted by Gasteiger charge is -2.37. The van der Waals surface area contributed by atoms with Crippen LogP contribution < -0.4 is 4.74 Å². The smallest absolute Gasteiger partial charge is 0.471 e. The SMILES string of the molecule is O=S(=O)(c1ccccc1)N1CC(Oc2ccc(-c3noc(C(F)(F)F)n3)cc2)C1. The second-order valence-electron chi connectivity index (χ2n) is 6.32. The molecule has 1 aliphatic heterocycles. The molecule has 29 heavy (non-hydrogen) atoms. The average Bonchev–Trinajstić information content (AvgIpc) is 3.16. The lowest BCUT2D eigenvalue weighted by molar-refractivity contribution is -0.159. The van der Waals surface area contributed by atoms with Crippen LogP contribution >= 0.6 is 0 Å². The number of rotatable bonds is 5. The number of benzene rings is 2. The van der Waals surface area contributed by atoms with Gasteiger partial charge in [0.25, 0.3) is 0 Å². The van der Waals surface area contributed by atoms with Crippen molar-refractivity contribution < 1.29 is 30.8 Å². The molecule has 152 valence electrons. The van der Waals surface area contributed by atoms with Crippen LogP contribution in [0.25, 0.3) is 11.4 Å². The van der Waals surface area contributed by atoms with Gasteiger partial charge in [0.05, 0.1) is 18.0 Å². The summed E-state index contributed by atoms with van der Waals surface area (Å²) >= 11 is 0. The molecule has 2 heterocycles. The molecule has 0 bridgehead atoms. The van der Waals surface area contributed by atoms with Gasteiger partial charge >= 0.3 is 12.1 Å².